The van der Waals surface area contributed by atoms with E-state index >= 15 is 0 Å². The van der Waals surface area contributed by atoms with E-state index in [2.05, 4.69) is 5.32 Å². The van der Waals surface area contributed by atoms with Gasteiger partial charge >= 0.3 is 0 Å². The Hall–Kier alpha value is -2.44. The van der Waals surface area contributed by atoms with Gasteiger partial charge in [-0.1, -0.05) is 41.4 Å². The number of carbonyl (C=O) groups is 2. The van der Waals surface area contributed by atoms with Gasteiger partial charge in [0, 0.05) is 36.7 Å². The van der Waals surface area contributed by atoms with E-state index in [1.165, 1.54) is 14.2 Å². The van der Waals surface area contributed by atoms with E-state index in [9.17, 15) is 9.59 Å². The molecule has 148 valence electrons. The van der Waals surface area contributed by atoms with Gasteiger partial charge in [0.25, 0.3) is 0 Å². The van der Waals surface area contributed by atoms with Crippen LogP contribution in [0.2, 0.25) is 10.0 Å². The highest BCUT2D eigenvalue weighted by Crippen LogP contribution is 2.36. The van der Waals surface area contributed by atoms with Gasteiger partial charge in [0.05, 0.1) is 30.8 Å². The minimum absolute atomic E-state index is 0.0827. The third-order valence-corrected chi connectivity index (χ3v) is 5.30. The third-order valence-electron chi connectivity index (χ3n) is 4.64. The highest BCUT2D eigenvalue weighted by molar-refractivity contribution is 6.32. The van der Waals surface area contributed by atoms with Gasteiger partial charge in [-0.25, -0.2) is 0 Å². The summed E-state index contributed by atoms with van der Waals surface area (Å²) in [5, 5.41) is 3.79. The maximum absolute atomic E-state index is 12.7. The SMILES string of the molecule is COc1cc(NC(=O)C2CC(=O)N(Cc3ccccc3Cl)C2)c(OC)cc1Cl. The van der Waals surface area contributed by atoms with Crippen LogP contribution in [-0.2, 0) is 16.1 Å². The fraction of sp³-hybridized carbons (Fsp3) is 0.300. The van der Waals surface area contributed by atoms with Crippen molar-refractivity contribution >= 4 is 40.7 Å². The molecule has 1 aliphatic rings. The van der Waals surface area contributed by atoms with Gasteiger partial charge in [-0.15, -0.1) is 0 Å². The Balaban J connectivity index is 1.71. The predicted octanol–water partition coefficient (Wildman–Crippen LogP) is 4.00. The average molecular weight is 423 g/mol. The number of rotatable bonds is 6. The normalized spacial score (nSPS) is 16.2. The van der Waals surface area contributed by atoms with Crippen LogP contribution in [0.3, 0.4) is 0 Å². The van der Waals surface area contributed by atoms with Crippen molar-refractivity contribution in [2.75, 3.05) is 26.1 Å². The molecular formula is C20H20Cl2N2O4. The molecule has 0 radical (unpaired) electrons. The van der Waals surface area contributed by atoms with Gasteiger partial charge in [-0.2, -0.15) is 0 Å². The van der Waals surface area contributed by atoms with Gasteiger partial charge in [-0.3, -0.25) is 9.59 Å². The van der Waals surface area contributed by atoms with E-state index in [-0.39, 0.29) is 18.2 Å². The van der Waals surface area contributed by atoms with Crippen LogP contribution in [0.1, 0.15) is 12.0 Å². The first-order valence-electron chi connectivity index (χ1n) is 8.66. The summed E-state index contributed by atoms with van der Waals surface area (Å²) in [6, 6.07) is 10.5. The van der Waals surface area contributed by atoms with Crippen LogP contribution in [0.4, 0.5) is 5.69 Å². The summed E-state index contributed by atoms with van der Waals surface area (Å²) in [5.41, 5.74) is 1.29. The molecule has 2 aromatic carbocycles. The lowest BCUT2D eigenvalue weighted by Crippen LogP contribution is -2.28. The molecule has 1 fully saturated rings. The molecule has 0 spiro atoms. The maximum atomic E-state index is 12.7. The molecule has 28 heavy (non-hydrogen) atoms. The number of nitrogens with one attached hydrogen (secondary N) is 1. The first kappa shape index (κ1) is 20.3. The quantitative estimate of drug-likeness (QED) is 0.763. The van der Waals surface area contributed by atoms with Crippen molar-refractivity contribution in [1.29, 1.82) is 0 Å². The number of carbonyl (C=O) groups excluding carboxylic acids is 2. The molecule has 1 atom stereocenters. The summed E-state index contributed by atoms with van der Waals surface area (Å²) in [6.07, 6.45) is 0.142. The van der Waals surface area contributed by atoms with Gasteiger partial charge in [0.15, 0.2) is 0 Å². The topological polar surface area (TPSA) is 67.9 Å². The molecule has 1 saturated heterocycles. The van der Waals surface area contributed by atoms with Crippen molar-refractivity contribution in [3.8, 4) is 11.5 Å². The number of likely N-dealkylation sites (tertiary alicyclic amines) is 1. The van der Waals surface area contributed by atoms with E-state index in [1.54, 1.807) is 23.1 Å². The van der Waals surface area contributed by atoms with Gasteiger partial charge in [0.1, 0.15) is 11.5 Å². The first-order chi connectivity index (χ1) is 13.4. The van der Waals surface area contributed by atoms with Crippen molar-refractivity contribution in [2.24, 2.45) is 5.92 Å². The fourth-order valence-electron chi connectivity index (χ4n) is 3.13. The van der Waals surface area contributed by atoms with Crippen LogP contribution in [0.25, 0.3) is 0 Å². The smallest absolute Gasteiger partial charge is 0.229 e. The Morgan fingerprint density at radius 1 is 1.14 bits per heavy atom. The minimum atomic E-state index is -0.471. The van der Waals surface area contributed by atoms with Crippen LogP contribution in [0.15, 0.2) is 36.4 Å². The number of ether oxygens (including phenoxy) is 2. The van der Waals surface area contributed by atoms with E-state index < -0.39 is 5.92 Å². The Morgan fingerprint density at radius 2 is 1.86 bits per heavy atom. The lowest BCUT2D eigenvalue weighted by Gasteiger charge is -2.18. The van der Waals surface area contributed by atoms with Crippen LogP contribution in [-0.4, -0.2) is 37.5 Å². The molecule has 2 amide bonds. The van der Waals surface area contributed by atoms with E-state index in [0.717, 1.165) is 5.56 Å². The van der Waals surface area contributed by atoms with Crippen LogP contribution in [0, 0.1) is 5.92 Å². The number of benzene rings is 2. The molecule has 8 heteroatoms. The average Bonchev–Trinajstić information content (AvgIpc) is 3.05. The second-order valence-corrected chi connectivity index (χ2v) is 7.26. The third kappa shape index (κ3) is 4.34. The van der Waals surface area contributed by atoms with Gasteiger partial charge in [-0.05, 0) is 11.6 Å². The number of hydrogen-bond acceptors (Lipinski definition) is 4. The molecule has 1 N–H and O–H groups in total. The summed E-state index contributed by atoms with van der Waals surface area (Å²) in [7, 11) is 2.97. The van der Waals surface area contributed by atoms with Crippen molar-refractivity contribution in [2.45, 2.75) is 13.0 Å². The molecule has 6 nitrogen and oxygen atoms in total. The van der Waals surface area contributed by atoms with E-state index in [0.29, 0.717) is 40.3 Å². The molecule has 1 unspecified atom stereocenters. The minimum Gasteiger partial charge on any atom is -0.495 e. The van der Waals surface area contributed by atoms with Gasteiger partial charge < -0.3 is 19.7 Å². The molecule has 0 bridgehead atoms. The molecule has 0 saturated carbocycles. The summed E-state index contributed by atoms with van der Waals surface area (Å²) in [5.74, 6) is 0.0109. The van der Waals surface area contributed by atoms with Crippen molar-refractivity contribution in [3.05, 3.63) is 52.0 Å². The first-order valence-corrected chi connectivity index (χ1v) is 9.42. The second-order valence-electron chi connectivity index (χ2n) is 6.44. The molecular weight excluding hydrogens is 403 g/mol. The fourth-order valence-corrected chi connectivity index (χ4v) is 3.55. The predicted molar refractivity (Wildman–Crippen MR) is 108 cm³/mol. The Kier molecular flexibility index (Phi) is 6.31. The molecule has 3 rings (SSSR count). The number of nitrogens with zero attached hydrogens (tertiary/aromatic N) is 1. The largest absolute Gasteiger partial charge is 0.495 e. The number of hydrogen-bond donors (Lipinski definition) is 1. The molecule has 2 aromatic rings. The maximum Gasteiger partial charge on any atom is 0.229 e. The van der Waals surface area contributed by atoms with Crippen molar-refractivity contribution < 1.29 is 19.1 Å². The molecule has 1 heterocycles. The highest BCUT2D eigenvalue weighted by Gasteiger charge is 2.34. The summed E-state index contributed by atoms with van der Waals surface area (Å²) in [4.78, 5) is 26.7. The van der Waals surface area contributed by atoms with Crippen molar-refractivity contribution in [1.82, 2.24) is 4.90 Å². The number of methoxy groups -OCH3 is 2. The lowest BCUT2D eigenvalue weighted by molar-refractivity contribution is -0.128. The summed E-state index contributed by atoms with van der Waals surface area (Å²) >= 11 is 12.3. The molecule has 0 aromatic heterocycles. The van der Waals surface area contributed by atoms with E-state index in [4.69, 9.17) is 32.7 Å². The zero-order valence-corrected chi connectivity index (χ0v) is 17.0. The van der Waals surface area contributed by atoms with E-state index in [1.807, 2.05) is 18.2 Å². The van der Waals surface area contributed by atoms with Crippen LogP contribution in [0.5, 0.6) is 11.5 Å². The summed E-state index contributed by atoms with van der Waals surface area (Å²) in [6.45, 7) is 0.698. The number of amides is 2. The second kappa shape index (κ2) is 8.71. The zero-order valence-electron chi connectivity index (χ0n) is 15.5. The number of anilines is 1. The lowest BCUT2D eigenvalue weighted by atomic mass is 10.1. The molecule has 0 aliphatic carbocycles. The van der Waals surface area contributed by atoms with Crippen LogP contribution >= 0.6 is 23.2 Å². The Morgan fingerprint density at radius 3 is 2.54 bits per heavy atom. The highest BCUT2D eigenvalue weighted by atomic mass is 35.5. The number of halogens is 2. The van der Waals surface area contributed by atoms with Gasteiger partial charge in [0.2, 0.25) is 11.8 Å². The van der Waals surface area contributed by atoms with Crippen molar-refractivity contribution in [3.63, 3.8) is 0 Å². The Labute approximate surface area is 173 Å². The van der Waals surface area contributed by atoms with Crippen LogP contribution < -0.4 is 14.8 Å². The molecule has 1 aliphatic heterocycles. The Bertz CT molecular complexity index is 904. The zero-order chi connectivity index (χ0) is 20.3. The standard InChI is InChI=1S/C20H20Cl2N2O4/c1-27-17-9-16(18(28-2)8-15(17)22)23-20(26)13-7-19(25)24(11-13)10-12-5-3-4-6-14(12)21/h3-6,8-9,13H,7,10-11H2,1-2H3,(H,23,26). The monoisotopic (exact) mass is 422 g/mol. The summed E-state index contributed by atoms with van der Waals surface area (Å²) < 4.78 is 10.5.